The van der Waals surface area contributed by atoms with Crippen LogP contribution in [0.2, 0.25) is 0 Å². The summed E-state index contributed by atoms with van der Waals surface area (Å²) in [6.07, 6.45) is 0.480. The van der Waals surface area contributed by atoms with Crippen LogP contribution in [0.25, 0.3) is 0 Å². The Bertz CT molecular complexity index is 68.8. The fraction of sp³-hybridized carbons (Fsp3) is 0.667. The van der Waals surface area contributed by atoms with E-state index in [0.717, 1.165) is 0 Å². The molecule has 0 aromatic rings. The van der Waals surface area contributed by atoms with E-state index in [9.17, 15) is 4.79 Å². The van der Waals surface area contributed by atoms with Gasteiger partial charge in [0.1, 0.15) is 0 Å². The first-order valence-electron chi connectivity index (χ1n) is 2.46. The molecule has 0 unspecified atom stereocenters. The molecular formula is C6H13ClMgO2. The van der Waals surface area contributed by atoms with Gasteiger partial charge in [-0.3, -0.25) is 4.79 Å². The maximum atomic E-state index is 10.2. The minimum atomic E-state index is -0.123. The third-order valence-corrected chi connectivity index (χ3v) is 0.594. The van der Waals surface area contributed by atoms with E-state index in [-0.39, 0.29) is 48.9 Å². The van der Waals surface area contributed by atoms with E-state index in [1.165, 1.54) is 0 Å². The summed E-state index contributed by atoms with van der Waals surface area (Å²) in [6.45, 7) is 4.07. The van der Waals surface area contributed by atoms with Crippen molar-refractivity contribution in [3.05, 3.63) is 7.43 Å². The van der Waals surface area contributed by atoms with Crippen LogP contribution in [-0.4, -0.2) is 35.6 Å². The van der Waals surface area contributed by atoms with Crippen LogP contribution in [0.5, 0.6) is 0 Å². The van der Waals surface area contributed by atoms with Crippen molar-refractivity contribution in [2.24, 2.45) is 0 Å². The number of esters is 1. The zero-order chi connectivity index (χ0) is 5.70. The van der Waals surface area contributed by atoms with Crippen LogP contribution in [0.15, 0.2) is 0 Å². The summed E-state index contributed by atoms with van der Waals surface area (Å²) in [5.41, 5.74) is 0. The van der Waals surface area contributed by atoms with Crippen molar-refractivity contribution < 1.29 is 21.9 Å². The van der Waals surface area contributed by atoms with E-state index in [1.807, 2.05) is 0 Å². The predicted octanol–water partition coefficient (Wildman–Crippen LogP) is -1.97. The number of halogens is 1. The van der Waals surface area contributed by atoms with Crippen LogP contribution in [0.4, 0.5) is 0 Å². The Hall–Kier alpha value is 0.526. The van der Waals surface area contributed by atoms with E-state index < -0.39 is 0 Å². The number of carbonyl (C=O) groups excluding carboxylic acids is 1. The quantitative estimate of drug-likeness (QED) is 0.278. The molecule has 58 valence electrons. The van der Waals surface area contributed by atoms with Gasteiger partial charge in [0, 0.05) is 6.42 Å². The van der Waals surface area contributed by atoms with E-state index >= 15 is 0 Å². The van der Waals surface area contributed by atoms with Crippen LogP contribution in [0, 0.1) is 7.43 Å². The van der Waals surface area contributed by atoms with E-state index in [2.05, 4.69) is 4.74 Å². The molecule has 2 nitrogen and oxygen atoms in total. The Morgan fingerprint density at radius 2 is 1.80 bits per heavy atom. The van der Waals surface area contributed by atoms with E-state index in [4.69, 9.17) is 0 Å². The first-order valence-corrected chi connectivity index (χ1v) is 2.46. The summed E-state index contributed by atoms with van der Waals surface area (Å²) in [7, 11) is 0. The smallest absolute Gasteiger partial charge is 1.00 e. The van der Waals surface area contributed by atoms with Crippen LogP contribution in [-0.2, 0) is 9.53 Å². The standard InChI is InChI=1S/C5H10O2.CH3.ClH.Mg/c1-3-5(6)7-4-2;;;/h3-4H2,1-2H3;1H3;1H;/q;-1;;+2/p-1. The Kier molecular flexibility index (Phi) is 36.5. The van der Waals surface area contributed by atoms with Gasteiger partial charge in [-0.2, -0.15) is 0 Å². The Labute approximate surface area is 85.3 Å². The second-order valence-corrected chi connectivity index (χ2v) is 1.16. The fourth-order valence-electron chi connectivity index (χ4n) is 0.263. The average Bonchev–Trinajstić information content (AvgIpc) is 1.68. The molecule has 0 aromatic carbocycles. The van der Waals surface area contributed by atoms with Crippen LogP contribution >= 0.6 is 0 Å². The maximum absolute atomic E-state index is 10.2. The van der Waals surface area contributed by atoms with Gasteiger partial charge in [0.05, 0.1) is 6.61 Å². The molecule has 0 saturated heterocycles. The third kappa shape index (κ3) is 15.8. The first-order chi connectivity index (χ1) is 3.31. The van der Waals surface area contributed by atoms with Crippen LogP contribution < -0.4 is 12.4 Å². The summed E-state index contributed by atoms with van der Waals surface area (Å²) in [6, 6.07) is 0. The molecule has 0 atom stereocenters. The molecule has 0 N–H and O–H groups in total. The Balaban J connectivity index is -0.0000000600. The number of rotatable bonds is 2. The summed E-state index contributed by atoms with van der Waals surface area (Å²) in [5, 5.41) is 0. The van der Waals surface area contributed by atoms with Gasteiger partial charge in [0.25, 0.3) is 0 Å². The molecule has 0 fully saturated rings. The summed E-state index contributed by atoms with van der Waals surface area (Å²) < 4.78 is 4.55. The van der Waals surface area contributed by atoms with Gasteiger partial charge in [0.2, 0.25) is 0 Å². The van der Waals surface area contributed by atoms with Gasteiger partial charge in [-0.25, -0.2) is 0 Å². The van der Waals surface area contributed by atoms with Crippen molar-refractivity contribution in [2.45, 2.75) is 20.3 Å². The Morgan fingerprint density at radius 3 is 1.90 bits per heavy atom. The molecule has 0 spiro atoms. The number of hydrogen-bond acceptors (Lipinski definition) is 2. The van der Waals surface area contributed by atoms with Crippen molar-refractivity contribution in [2.75, 3.05) is 6.61 Å². The zero-order valence-electron chi connectivity index (χ0n) is 6.82. The summed E-state index contributed by atoms with van der Waals surface area (Å²) in [5.74, 6) is -0.123. The first kappa shape index (κ1) is 22.4. The molecule has 10 heavy (non-hydrogen) atoms. The molecule has 0 aliphatic heterocycles. The van der Waals surface area contributed by atoms with Crippen molar-refractivity contribution in [3.63, 3.8) is 0 Å². The van der Waals surface area contributed by atoms with E-state index in [1.54, 1.807) is 13.8 Å². The maximum Gasteiger partial charge on any atom is 2.00 e. The van der Waals surface area contributed by atoms with Gasteiger partial charge in [-0.15, -0.1) is 0 Å². The predicted molar refractivity (Wildman–Crippen MR) is 39.1 cm³/mol. The normalized spacial score (nSPS) is 5.80. The second kappa shape index (κ2) is 16.3. The SMILES string of the molecule is CCOC(=O)CC.[CH3-].[Cl-].[Mg+2]. The van der Waals surface area contributed by atoms with Crippen LogP contribution in [0.3, 0.4) is 0 Å². The summed E-state index contributed by atoms with van der Waals surface area (Å²) >= 11 is 0. The largest absolute Gasteiger partial charge is 2.00 e. The molecule has 0 heterocycles. The monoisotopic (exact) mass is 176 g/mol. The molecule has 0 aliphatic rings. The molecule has 0 amide bonds. The molecule has 0 aliphatic carbocycles. The number of ether oxygens (including phenoxy) is 1. The molecule has 0 bridgehead atoms. The minimum absolute atomic E-state index is 0. The second-order valence-electron chi connectivity index (χ2n) is 1.16. The number of hydrogen-bond donors (Lipinski definition) is 0. The van der Waals surface area contributed by atoms with E-state index in [0.29, 0.717) is 13.0 Å². The fourth-order valence-corrected chi connectivity index (χ4v) is 0.263. The van der Waals surface area contributed by atoms with Crippen molar-refractivity contribution in [1.29, 1.82) is 0 Å². The molecule has 0 radical (unpaired) electrons. The Morgan fingerprint density at radius 1 is 1.40 bits per heavy atom. The van der Waals surface area contributed by atoms with Gasteiger partial charge in [-0.1, -0.05) is 6.92 Å². The van der Waals surface area contributed by atoms with Gasteiger partial charge < -0.3 is 24.6 Å². The number of carbonyl (C=O) groups is 1. The zero-order valence-corrected chi connectivity index (χ0v) is 8.99. The minimum Gasteiger partial charge on any atom is -1.00 e. The molecule has 0 aromatic heterocycles. The van der Waals surface area contributed by atoms with Crippen molar-refractivity contribution in [3.8, 4) is 0 Å². The molecule has 0 saturated carbocycles. The molecule has 0 rings (SSSR count). The average molecular weight is 177 g/mol. The van der Waals surface area contributed by atoms with Gasteiger partial charge >= 0.3 is 29.0 Å². The third-order valence-electron chi connectivity index (χ3n) is 0.594. The van der Waals surface area contributed by atoms with Crippen molar-refractivity contribution in [1.82, 2.24) is 0 Å². The summed E-state index contributed by atoms with van der Waals surface area (Å²) in [4.78, 5) is 10.2. The van der Waals surface area contributed by atoms with Crippen LogP contribution in [0.1, 0.15) is 20.3 Å². The molecule has 4 heteroatoms. The van der Waals surface area contributed by atoms with Gasteiger partial charge in [-0.05, 0) is 6.92 Å². The topological polar surface area (TPSA) is 26.3 Å². The molecular weight excluding hydrogens is 164 g/mol. The van der Waals surface area contributed by atoms with Crippen molar-refractivity contribution >= 4 is 29.0 Å². The van der Waals surface area contributed by atoms with Gasteiger partial charge in [0.15, 0.2) is 0 Å².